The van der Waals surface area contributed by atoms with Gasteiger partial charge in [-0.2, -0.15) is 9.97 Å². The summed E-state index contributed by atoms with van der Waals surface area (Å²) in [6.07, 6.45) is 0. The second kappa shape index (κ2) is 10.5. The lowest BCUT2D eigenvalue weighted by molar-refractivity contribution is 0.768. The minimum atomic E-state index is -0.584. The Labute approximate surface area is 262 Å². The van der Waals surface area contributed by atoms with Gasteiger partial charge in [0.2, 0.25) is 5.28 Å². The fourth-order valence-corrected chi connectivity index (χ4v) is 6.43. The van der Waals surface area contributed by atoms with Crippen LogP contribution in [0, 0.1) is 0 Å². The number of nitrogens with zero attached hydrogens (tertiary/aromatic N) is 3. The first-order chi connectivity index (χ1) is 20.8. The maximum absolute atomic E-state index is 6.47. The molecule has 0 saturated carbocycles. The topological polar surface area (TPSA) is 38.7 Å². The Morgan fingerprint density at radius 3 is 1.63 bits per heavy atom. The van der Waals surface area contributed by atoms with Gasteiger partial charge < -0.3 is 0 Å². The van der Waals surface area contributed by atoms with Gasteiger partial charge in [0.25, 0.3) is 0 Å². The molecule has 0 fully saturated rings. The molecular formula is C34H17B5ClN3. The highest BCUT2D eigenvalue weighted by atomic mass is 35.5. The van der Waals surface area contributed by atoms with Crippen LogP contribution < -0.4 is 27.3 Å². The number of rotatable bonds is 4. The first-order valence-corrected chi connectivity index (χ1v) is 14.0. The molecular weight excluding hydrogens is 540 g/mol. The first-order valence-electron chi connectivity index (χ1n) is 13.6. The summed E-state index contributed by atoms with van der Waals surface area (Å²) in [5.41, 5.74) is 7.84. The van der Waals surface area contributed by atoms with E-state index in [4.69, 9.17) is 55.8 Å². The summed E-state index contributed by atoms with van der Waals surface area (Å²) in [6.45, 7) is 0. The van der Waals surface area contributed by atoms with Gasteiger partial charge in [-0.3, -0.25) is 0 Å². The van der Waals surface area contributed by atoms with E-state index in [2.05, 4.69) is 94.9 Å². The zero-order valence-corrected chi connectivity index (χ0v) is 23.7. The third-order valence-electron chi connectivity index (χ3n) is 8.25. The van der Waals surface area contributed by atoms with Gasteiger partial charge >= 0.3 is 0 Å². The van der Waals surface area contributed by atoms with Gasteiger partial charge in [-0.05, 0) is 51.0 Å². The molecule has 0 unspecified atom stereocenters. The predicted octanol–water partition coefficient (Wildman–Crippen LogP) is 2.19. The van der Waals surface area contributed by atoms with E-state index in [0.717, 1.165) is 27.8 Å². The number of hydrogen-bond acceptors (Lipinski definition) is 3. The van der Waals surface area contributed by atoms with Crippen LogP contribution in [0.1, 0.15) is 22.3 Å². The standard InChI is InChI=1S/C34H17B5ClN3/c35-26-25(27(36)29(38)30(39)28(26)37)32-41-31(42-33(40)43-32)18-15-16-22-21-13-7-8-14-23(21)34(24(22)17-18,19-9-3-1-4-10-19)20-11-5-2-6-12-20/h1-17H. The molecule has 1 heterocycles. The average Bonchev–Trinajstić information content (AvgIpc) is 3.34. The number of hydrogen-bond donors (Lipinski definition) is 0. The Morgan fingerprint density at radius 2 is 1.00 bits per heavy atom. The lowest BCUT2D eigenvalue weighted by Gasteiger charge is -2.34. The molecule has 3 nitrogen and oxygen atoms in total. The van der Waals surface area contributed by atoms with Crippen molar-refractivity contribution < 1.29 is 0 Å². The summed E-state index contributed by atoms with van der Waals surface area (Å²) in [6, 6.07) is 35.8. The summed E-state index contributed by atoms with van der Waals surface area (Å²) >= 11 is 6.47. The summed E-state index contributed by atoms with van der Waals surface area (Å²) in [4.78, 5) is 13.6. The highest BCUT2D eigenvalue weighted by molar-refractivity contribution is 6.68. The highest BCUT2D eigenvalue weighted by Gasteiger charge is 2.46. The summed E-state index contributed by atoms with van der Waals surface area (Å²) in [5, 5.41) is -0.0334. The van der Waals surface area contributed by atoms with E-state index in [1.807, 2.05) is 18.2 Å². The molecule has 10 radical (unpaired) electrons. The predicted molar refractivity (Wildman–Crippen MR) is 180 cm³/mol. The van der Waals surface area contributed by atoms with Gasteiger partial charge in [-0.1, -0.05) is 108 Å². The van der Waals surface area contributed by atoms with Crippen LogP contribution in [0.2, 0.25) is 5.28 Å². The molecule has 190 valence electrons. The van der Waals surface area contributed by atoms with Gasteiger partial charge in [0.15, 0.2) is 11.6 Å². The lowest BCUT2D eigenvalue weighted by Crippen LogP contribution is -2.55. The lowest BCUT2D eigenvalue weighted by atomic mass is 9.60. The zero-order chi connectivity index (χ0) is 29.9. The van der Waals surface area contributed by atoms with E-state index in [-0.39, 0.29) is 44.0 Å². The van der Waals surface area contributed by atoms with Gasteiger partial charge in [-0.25, -0.2) is 4.98 Å². The molecule has 0 spiro atoms. The van der Waals surface area contributed by atoms with Gasteiger partial charge in [0, 0.05) is 11.1 Å². The van der Waals surface area contributed by atoms with Crippen molar-refractivity contribution in [3.05, 3.63) is 131 Å². The normalized spacial score (nSPS) is 13.0. The fraction of sp³-hybridized carbons (Fsp3) is 0.0294. The van der Waals surface area contributed by atoms with Gasteiger partial charge in [-0.15, -0.1) is 16.4 Å². The van der Waals surface area contributed by atoms with Crippen molar-refractivity contribution in [2.24, 2.45) is 0 Å². The average molecular weight is 557 g/mol. The Hall–Kier alpha value is -4.28. The molecule has 1 aliphatic carbocycles. The van der Waals surface area contributed by atoms with Crippen LogP contribution in [0.5, 0.6) is 0 Å². The maximum Gasteiger partial charge on any atom is 0.226 e. The Bertz CT molecular complexity index is 1980. The third kappa shape index (κ3) is 4.15. The van der Waals surface area contributed by atoms with Crippen LogP contribution in [0.3, 0.4) is 0 Å². The quantitative estimate of drug-likeness (QED) is 0.312. The maximum atomic E-state index is 6.47. The van der Waals surface area contributed by atoms with Crippen LogP contribution in [-0.2, 0) is 5.41 Å². The molecule has 5 aromatic carbocycles. The molecule has 0 N–H and O–H groups in total. The third-order valence-corrected chi connectivity index (χ3v) is 8.42. The van der Waals surface area contributed by atoms with E-state index in [0.29, 0.717) is 5.82 Å². The van der Waals surface area contributed by atoms with Crippen molar-refractivity contribution in [3.63, 3.8) is 0 Å². The zero-order valence-electron chi connectivity index (χ0n) is 22.9. The number of aromatic nitrogens is 3. The van der Waals surface area contributed by atoms with Crippen molar-refractivity contribution >= 4 is 78.1 Å². The van der Waals surface area contributed by atoms with E-state index in [1.165, 1.54) is 11.1 Å². The molecule has 9 heteroatoms. The van der Waals surface area contributed by atoms with E-state index in [9.17, 15) is 0 Å². The van der Waals surface area contributed by atoms with Crippen molar-refractivity contribution in [1.29, 1.82) is 0 Å². The molecule has 1 aromatic heterocycles. The number of halogens is 1. The monoisotopic (exact) mass is 557 g/mol. The molecule has 43 heavy (non-hydrogen) atoms. The smallest absolute Gasteiger partial charge is 0.208 e. The highest BCUT2D eigenvalue weighted by Crippen LogP contribution is 2.56. The van der Waals surface area contributed by atoms with Crippen molar-refractivity contribution in [1.82, 2.24) is 15.0 Å². The van der Waals surface area contributed by atoms with Crippen LogP contribution >= 0.6 is 11.6 Å². The van der Waals surface area contributed by atoms with E-state index >= 15 is 0 Å². The van der Waals surface area contributed by atoms with Crippen molar-refractivity contribution in [3.8, 4) is 33.9 Å². The molecule has 0 bridgehead atoms. The van der Waals surface area contributed by atoms with Gasteiger partial charge in [0.1, 0.15) is 39.2 Å². The number of fused-ring (bicyclic) bond motifs is 3. The number of benzene rings is 5. The second-order valence-corrected chi connectivity index (χ2v) is 10.8. The van der Waals surface area contributed by atoms with Crippen LogP contribution in [0.15, 0.2) is 103 Å². The summed E-state index contributed by atoms with van der Waals surface area (Å²) in [5.74, 6) is 0.487. The Balaban J connectivity index is 1.50. The Morgan fingerprint density at radius 1 is 0.488 bits per heavy atom. The molecule has 0 amide bonds. The first kappa shape index (κ1) is 27.6. The van der Waals surface area contributed by atoms with Crippen LogP contribution in [0.25, 0.3) is 33.9 Å². The molecule has 1 aliphatic rings. The second-order valence-electron chi connectivity index (χ2n) is 10.5. The van der Waals surface area contributed by atoms with E-state index in [1.54, 1.807) is 0 Å². The molecule has 0 saturated heterocycles. The van der Waals surface area contributed by atoms with Crippen LogP contribution in [-0.4, -0.2) is 54.2 Å². The largest absolute Gasteiger partial charge is 0.226 e. The van der Waals surface area contributed by atoms with Crippen molar-refractivity contribution in [2.45, 2.75) is 5.41 Å². The molecule has 0 atom stereocenters. The molecule has 7 rings (SSSR count). The SMILES string of the molecule is [B]c1c([B])c([B])c(-c2nc(Cl)nc(-c3ccc4c(c3)C(c3ccccc3)(c3ccccc3)c3ccccc3-4)n2)c([B])c1[B]. The summed E-state index contributed by atoms with van der Waals surface area (Å²) in [7, 11) is 30.9. The molecule has 6 aromatic rings. The van der Waals surface area contributed by atoms with Crippen LogP contribution in [0.4, 0.5) is 0 Å². The van der Waals surface area contributed by atoms with E-state index < -0.39 is 5.41 Å². The van der Waals surface area contributed by atoms with Crippen molar-refractivity contribution in [2.75, 3.05) is 0 Å². The minimum Gasteiger partial charge on any atom is -0.208 e. The van der Waals surface area contributed by atoms with Gasteiger partial charge in [0.05, 0.1) is 5.41 Å². The summed E-state index contributed by atoms with van der Waals surface area (Å²) < 4.78 is 0. The molecule has 0 aliphatic heterocycles. The fourth-order valence-electron chi connectivity index (χ4n) is 6.27. The Kier molecular flexibility index (Phi) is 6.71. The minimum absolute atomic E-state index is 0.0334.